The van der Waals surface area contributed by atoms with Gasteiger partial charge in [0.1, 0.15) is 22.5 Å². The number of nitrogens with zero attached hydrogens (tertiary/aromatic N) is 3. The maximum Gasteiger partial charge on any atom is 0.338 e. The van der Waals surface area contributed by atoms with E-state index in [0.717, 1.165) is 0 Å². The summed E-state index contributed by atoms with van der Waals surface area (Å²) in [4.78, 5) is 19.4. The first kappa shape index (κ1) is 20.1. The lowest BCUT2D eigenvalue weighted by Gasteiger charge is -2.35. The number of carbonyl (C=O) groups excluding carboxylic acids is 1. The van der Waals surface area contributed by atoms with Gasteiger partial charge in [0, 0.05) is 0 Å². The quantitative estimate of drug-likeness (QED) is 0.744. The first-order chi connectivity index (χ1) is 13.3. The Morgan fingerprint density at radius 3 is 2.75 bits per heavy atom. The Labute approximate surface area is 172 Å². The molecule has 0 radical (unpaired) electrons. The Hall–Kier alpha value is -2.63. The number of methoxy groups -OCH3 is 1. The van der Waals surface area contributed by atoms with Gasteiger partial charge in [0.25, 0.3) is 0 Å². The van der Waals surface area contributed by atoms with Gasteiger partial charge in [0.05, 0.1) is 35.5 Å². The number of benzene rings is 1. The van der Waals surface area contributed by atoms with E-state index in [1.807, 2.05) is 0 Å². The fourth-order valence-electron chi connectivity index (χ4n) is 3.05. The molecule has 1 aromatic carbocycles. The zero-order chi connectivity index (χ0) is 20.6. The molecule has 146 valence electrons. The molecule has 2 N–H and O–H groups in total. The Bertz CT molecular complexity index is 978. The molecule has 2 aliphatic rings. The average molecular weight is 419 g/mol. The van der Waals surface area contributed by atoms with Crippen molar-refractivity contribution in [1.82, 2.24) is 4.90 Å². The smallest absolute Gasteiger partial charge is 0.338 e. The van der Waals surface area contributed by atoms with E-state index < -0.39 is 12.0 Å². The first-order valence-corrected chi connectivity index (χ1v) is 9.68. The van der Waals surface area contributed by atoms with Crippen molar-refractivity contribution in [2.45, 2.75) is 32.9 Å². The van der Waals surface area contributed by atoms with Gasteiger partial charge in [0.15, 0.2) is 5.17 Å². The van der Waals surface area contributed by atoms with Crippen LogP contribution in [0.1, 0.15) is 32.4 Å². The third kappa shape index (κ3) is 3.43. The number of thioether (sulfide) groups is 1. The number of carbonyl (C=O) groups is 1. The van der Waals surface area contributed by atoms with Crippen molar-refractivity contribution in [1.29, 1.82) is 5.26 Å². The average Bonchev–Trinajstić information content (AvgIpc) is 2.95. The molecule has 2 heterocycles. The molecular formula is C19H19ClN4O3S. The molecule has 1 aromatic rings. The summed E-state index contributed by atoms with van der Waals surface area (Å²) < 4.78 is 10.7. The summed E-state index contributed by atoms with van der Waals surface area (Å²) in [5.41, 5.74) is 7.78. The van der Waals surface area contributed by atoms with Crippen LogP contribution in [-0.4, -0.2) is 29.3 Å². The third-order valence-corrected chi connectivity index (χ3v) is 5.50. The van der Waals surface area contributed by atoms with E-state index >= 15 is 0 Å². The predicted molar refractivity (Wildman–Crippen MR) is 108 cm³/mol. The van der Waals surface area contributed by atoms with Crippen LogP contribution in [0, 0.1) is 11.3 Å². The zero-order valence-electron chi connectivity index (χ0n) is 15.8. The Morgan fingerprint density at radius 1 is 1.46 bits per heavy atom. The summed E-state index contributed by atoms with van der Waals surface area (Å²) in [5, 5.41) is 10.3. The molecule has 0 amide bonds. The van der Waals surface area contributed by atoms with E-state index in [-0.39, 0.29) is 11.9 Å². The Balaban J connectivity index is 2.18. The lowest BCUT2D eigenvalue weighted by Crippen LogP contribution is -2.39. The minimum atomic E-state index is -0.625. The van der Waals surface area contributed by atoms with E-state index in [4.69, 9.17) is 26.8 Å². The topological polar surface area (TPSA) is 101 Å². The summed E-state index contributed by atoms with van der Waals surface area (Å²) >= 11 is 7.50. The number of ether oxygens (including phenoxy) is 2. The van der Waals surface area contributed by atoms with E-state index in [0.29, 0.717) is 37.7 Å². The van der Waals surface area contributed by atoms with E-state index in [1.54, 1.807) is 43.9 Å². The molecule has 2 aliphatic heterocycles. The maximum absolute atomic E-state index is 12.9. The van der Waals surface area contributed by atoms with Gasteiger partial charge in [-0.1, -0.05) is 17.7 Å². The molecule has 0 aromatic heterocycles. The van der Waals surface area contributed by atoms with Crippen LogP contribution in [0.25, 0.3) is 0 Å². The molecule has 7 nitrogen and oxygen atoms in total. The highest BCUT2D eigenvalue weighted by molar-refractivity contribution is 8.17. The number of halogens is 1. The van der Waals surface area contributed by atoms with Crippen LogP contribution < -0.4 is 10.5 Å². The molecule has 9 heteroatoms. The molecule has 0 saturated heterocycles. The third-order valence-electron chi connectivity index (χ3n) is 4.23. The van der Waals surface area contributed by atoms with Gasteiger partial charge in [-0.25, -0.2) is 9.79 Å². The number of esters is 1. The van der Waals surface area contributed by atoms with Crippen LogP contribution in [0.5, 0.6) is 5.75 Å². The fourth-order valence-corrected chi connectivity index (χ4v) is 4.23. The molecular weight excluding hydrogens is 400 g/mol. The van der Waals surface area contributed by atoms with E-state index in [9.17, 15) is 10.1 Å². The van der Waals surface area contributed by atoms with E-state index in [2.05, 4.69) is 11.1 Å². The maximum atomic E-state index is 12.9. The van der Waals surface area contributed by atoms with Crippen LogP contribution in [-0.2, 0) is 9.53 Å². The summed E-state index contributed by atoms with van der Waals surface area (Å²) in [7, 11) is 1.53. The number of amidine groups is 1. The van der Waals surface area contributed by atoms with Crippen LogP contribution in [0.2, 0.25) is 5.02 Å². The highest BCUT2D eigenvalue weighted by atomic mass is 35.5. The van der Waals surface area contributed by atoms with Gasteiger partial charge in [-0.3, -0.25) is 4.90 Å². The zero-order valence-corrected chi connectivity index (χ0v) is 17.4. The Kier molecular flexibility index (Phi) is 5.59. The van der Waals surface area contributed by atoms with Crippen LogP contribution in [0.3, 0.4) is 0 Å². The van der Waals surface area contributed by atoms with Crippen molar-refractivity contribution >= 4 is 34.5 Å². The minimum Gasteiger partial charge on any atom is -0.495 e. The van der Waals surface area contributed by atoms with Crippen molar-refractivity contribution in [3.8, 4) is 11.8 Å². The minimum absolute atomic E-state index is 0.241. The number of fused-ring (bicyclic) bond motifs is 1. The number of hydrogen-bond donors (Lipinski definition) is 1. The number of nitriles is 1. The van der Waals surface area contributed by atoms with Crippen molar-refractivity contribution < 1.29 is 14.3 Å². The predicted octanol–water partition coefficient (Wildman–Crippen LogP) is 3.69. The largest absolute Gasteiger partial charge is 0.495 e. The summed E-state index contributed by atoms with van der Waals surface area (Å²) in [5.74, 6) is 0.264. The van der Waals surface area contributed by atoms with Crippen molar-refractivity contribution in [3.05, 3.63) is 50.8 Å². The first-order valence-electron chi connectivity index (χ1n) is 8.49. The summed E-state index contributed by atoms with van der Waals surface area (Å²) in [6.07, 6.45) is -0.297. The van der Waals surface area contributed by atoms with Crippen LogP contribution in [0.15, 0.2) is 45.2 Å². The lowest BCUT2D eigenvalue weighted by atomic mass is 9.94. The number of allylic oxidation sites excluding steroid dienone is 2. The molecule has 28 heavy (non-hydrogen) atoms. The molecule has 3 rings (SSSR count). The molecule has 0 spiro atoms. The number of aliphatic imine (C=N–C) groups is 1. The molecule has 0 bridgehead atoms. The van der Waals surface area contributed by atoms with Gasteiger partial charge in [-0.2, -0.15) is 5.26 Å². The second-order valence-corrected chi connectivity index (χ2v) is 7.83. The van der Waals surface area contributed by atoms with E-state index in [1.165, 1.54) is 18.9 Å². The van der Waals surface area contributed by atoms with Crippen LogP contribution in [0.4, 0.5) is 0 Å². The molecule has 0 unspecified atom stereocenters. The number of nitrogens with two attached hydrogens (primary N) is 1. The van der Waals surface area contributed by atoms with Gasteiger partial charge in [-0.05, 0) is 50.2 Å². The van der Waals surface area contributed by atoms with Gasteiger partial charge in [0.2, 0.25) is 0 Å². The normalized spacial score (nSPS) is 18.8. The van der Waals surface area contributed by atoms with Crippen LogP contribution >= 0.6 is 23.4 Å². The molecule has 0 saturated carbocycles. The number of hydrogen-bond acceptors (Lipinski definition) is 8. The van der Waals surface area contributed by atoms with Crippen molar-refractivity contribution in [2.75, 3.05) is 7.11 Å². The number of rotatable bonds is 4. The molecule has 0 aliphatic carbocycles. The second kappa shape index (κ2) is 7.78. The molecule has 0 fully saturated rings. The lowest BCUT2D eigenvalue weighted by molar-refractivity contribution is -0.143. The van der Waals surface area contributed by atoms with Crippen molar-refractivity contribution in [3.63, 3.8) is 0 Å². The summed E-state index contributed by atoms with van der Waals surface area (Å²) in [6.45, 7) is 5.29. The highest BCUT2D eigenvalue weighted by Crippen LogP contribution is 2.46. The van der Waals surface area contributed by atoms with Crippen molar-refractivity contribution in [2.24, 2.45) is 10.7 Å². The standard InChI is InChI=1S/C19H19ClN4O3S/c1-9(2)27-18(25)15-10(3)23-19-24(17(22)14(8-21)28-19)16(15)11-5-6-13(26-4)12(20)7-11/h5-7,9,16H,22H2,1-4H3/t16-/m1/s1. The highest BCUT2D eigenvalue weighted by Gasteiger charge is 2.43. The monoisotopic (exact) mass is 418 g/mol. The molecule has 1 atom stereocenters. The summed E-state index contributed by atoms with van der Waals surface area (Å²) in [6, 6.07) is 6.69. The van der Waals surface area contributed by atoms with Gasteiger partial charge < -0.3 is 15.2 Å². The second-order valence-electron chi connectivity index (χ2n) is 6.44. The SMILES string of the molecule is COc1ccc([C@@H]2C(C(=O)OC(C)C)=C(C)N=C3SC(C#N)=C(N)N32)cc1Cl. The van der Waals surface area contributed by atoms with Gasteiger partial charge >= 0.3 is 5.97 Å². The Morgan fingerprint density at radius 2 is 2.18 bits per heavy atom. The van der Waals surface area contributed by atoms with Gasteiger partial charge in [-0.15, -0.1) is 0 Å². The fraction of sp³-hybridized carbons (Fsp3) is 0.316.